The molecule has 1 saturated carbocycles. The Hall–Kier alpha value is -1.07. The maximum Gasteiger partial charge on any atom is 0.308 e. The van der Waals surface area contributed by atoms with Gasteiger partial charge in [-0.3, -0.25) is 4.79 Å². The minimum atomic E-state index is -0.872. The molecule has 1 spiro atoms. The van der Waals surface area contributed by atoms with Crippen LogP contribution in [0.15, 0.2) is 12.7 Å². The van der Waals surface area contributed by atoms with Crippen molar-refractivity contribution in [2.75, 3.05) is 0 Å². The van der Waals surface area contributed by atoms with Crippen molar-refractivity contribution in [3.63, 3.8) is 0 Å². The number of ether oxygens (including phenoxy) is 5. The second kappa shape index (κ2) is 12.3. The van der Waals surface area contributed by atoms with Crippen LogP contribution < -0.4 is 0 Å². The fourth-order valence-corrected chi connectivity index (χ4v) is 7.81. The van der Waals surface area contributed by atoms with Crippen molar-refractivity contribution in [1.82, 2.24) is 0 Å². The molecule has 5 saturated heterocycles. The first-order chi connectivity index (χ1) is 19.1. The van der Waals surface area contributed by atoms with E-state index in [0.29, 0.717) is 5.92 Å². The number of hydrogen-bond donors (Lipinski definition) is 1. The van der Waals surface area contributed by atoms with E-state index in [1.807, 2.05) is 26.8 Å². The molecule has 0 aromatic carbocycles. The van der Waals surface area contributed by atoms with Gasteiger partial charge in [-0.1, -0.05) is 26.3 Å². The summed E-state index contributed by atoms with van der Waals surface area (Å²) < 4.78 is 30.8. The number of unbranched alkanes of at least 4 members (excludes halogenated alkanes) is 2. The highest BCUT2D eigenvalue weighted by molar-refractivity contribution is 5.70. The van der Waals surface area contributed by atoms with Gasteiger partial charge >= 0.3 is 5.97 Å². The summed E-state index contributed by atoms with van der Waals surface area (Å²) >= 11 is 0. The van der Waals surface area contributed by atoms with Gasteiger partial charge in [-0.25, -0.2) is 9.78 Å². The van der Waals surface area contributed by atoms with E-state index in [0.717, 1.165) is 51.4 Å². The Kier molecular flexibility index (Phi) is 9.32. The minimum absolute atomic E-state index is 0.0375. The van der Waals surface area contributed by atoms with Crippen molar-refractivity contribution in [1.29, 1.82) is 0 Å². The number of aliphatic hydroxyl groups is 1. The zero-order valence-corrected chi connectivity index (χ0v) is 24.9. The monoisotopic (exact) mass is 566 g/mol. The molecule has 0 radical (unpaired) electrons. The Bertz CT molecular complexity index is 898. The fourth-order valence-electron chi connectivity index (χ4n) is 7.81. The number of carbonyl (C=O) groups is 1. The number of hydrogen-bond acceptors (Lipinski definition) is 9. The van der Waals surface area contributed by atoms with Gasteiger partial charge in [0.2, 0.25) is 5.79 Å². The number of esters is 1. The van der Waals surface area contributed by atoms with Crippen molar-refractivity contribution in [2.45, 2.75) is 153 Å². The summed E-state index contributed by atoms with van der Waals surface area (Å²) in [4.78, 5) is 25.3. The summed E-state index contributed by atoms with van der Waals surface area (Å²) in [7, 11) is 0. The highest BCUT2D eigenvalue weighted by Gasteiger charge is 2.69. The van der Waals surface area contributed by atoms with Gasteiger partial charge in [-0.05, 0) is 77.0 Å². The molecule has 5 aliphatic heterocycles. The molecule has 6 rings (SSSR count). The van der Waals surface area contributed by atoms with Gasteiger partial charge in [0.1, 0.15) is 12.2 Å². The van der Waals surface area contributed by atoms with Crippen LogP contribution in [0.5, 0.6) is 0 Å². The van der Waals surface area contributed by atoms with Gasteiger partial charge < -0.3 is 28.8 Å². The van der Waals surface area contributed by atoms with Crippen LogP contribution in [0.3, 0.4) is 0 Å². The molecule has 2 bridgehead atoms. The van der Waals surface area contributed by atoms with E-state index < -0.39 is 42.3 Å². The smallest absolute Gasteiger partial charge is 0.308 e. The van der Waals surface area contributed by atoms with Crippen LogP contribution in [-0.2, 0) is 38.3 Å². The molecule has 6 aliphatic rings. The van der Waals surface area contributed by atoms with E-state index in [2.05, 4.69) is 20.4 Å². The van der Waals surface area contributed by atoms with Crippen molar-refractivity contribution in [2.24, 2.45) is 23.7 Å². The predicted molar refractivity (Wildman–Crippen MR) is 145 cm³/mol. The molecule has 5 heterocycles. The van der Waals surface area contributed by atoms with Crippen molar-refractivity contribution in [3.05, 3.63) is 12.7 Å². The van der Waals surface area contributed by atoms with E-state index in [1.54, 1.807) is 0 Å². The number of allylic oxidation sites excluding steroid dienone is 1. The van der Waals surface area contributed by atoms with Gasteiger partial charge in [0.05, 0.1) is 24.7 Å². The number of fused-ring (bicyclic) bond motifs is 2. The van der Waals surface area contributed by atoms with Crippen LogP contribution in [0, 0.1) is 23.7 Å². The van der Waals surface area contributed by atoms with Crippen LogP contribution in [0.25, 0.3) is 0 Å². The lowest BCUT2D eigenvalue weighted by Crippen LogP contribution is -2.70. The maximum absolute atomic E-state index is 13.2. The molecule has 1 unspecified atom stereocenters. The first-order valence-corrected chi connectivity index (χ1v) is 15.6. The van der Waals surface area contributed by atoms with Gasteiger partial charge in [0, 0.05) is 18.8 Å². The van der Waals surface area contributed by atoms with Crippen LogP contribution >= 0.6 is 0 Å². The molecule has 0 aromatic heterocycles. The summed E-state index contributed by atoms with van der Waals surface area (Å²) in [6.07, 6.45) is 6.50. The topological polar surface area (TPSA) is 102 Å². The quantitative estimate of drug-likeness (QED) is 0.166. The number of rotatable bonds is 10. The zero-order chi connectivity index (χ0) is 28.7. The van der Waals surface area contributed by atoms with Crippen LogP contribution in [0.2, 0.25) is 0 Å². The SMILES string of the molecule is C=CCCCC[C@H](C)O[C@@H]1O[C@@H](C)[C@H](OC(=O)C[C@H]2OC3O[C@]4(C)CC[C@H]5[C@H](C)CC[C@@H]([C@H]2C)[C@@]35OO4)C[C@H]1O. The normalized spacial score (nSPS) is 47.1. The maximum atomic E-state index is 13.2. The second-order valence-corrected chi connectivity index (χ2v) is 13.2. The number of aliphatic hydroxyl groups excluding tert-OH is 1. The van der Waals surface area contributed by atoms with Crippen LogP contribution in [0.1, 0.15) is 98.8 Å². The summed E-state index contributed by atoms with van der Waals surface area (Å²) in [5, 5.41) is 10.7. The Morgan fingerprint density at radius 3 is 2.70 bits per heavy atom. The van der Waals surface area contributed by atoms with Crippen molar-refractivity contribution < 1.29 is 43.4 Å². The molecule has 0 amide bonds. The van der Waals surface area contributed by atoms with Gasteiger partial charge in [-0.2, -0.15) is 0 Å². The molecule has 13 atom stereocenters. The van der Waals surface area contributed by atoms with Crippen LogP contribution in [0.4, 0.5) is 0 Å². The zero-order valence-electron chi connectivity index (χ0n) is 24.9. The van der Waals surface area contributed by atoms with Gasteiger partial charge in [0.25, 0.3) is 0 Å². The third-order valence-corrected chi connectivity index (χ3v) is 10.2. The van der Waals surface area contributed by atoms with Crippen molar-refractivity contribution >= 4 is 5.97 Å². The Morgan fingerprint density at radius 1 is 1.12 bits per heavy atom. The third-order valence-electron chi connectivity index (χ3n) is 10.2. The first kappa shape index (κ1) is 30.4. The fraction of sp³-hybridized carbons (Fsp3) is 0.903. The highest BCUT2D eigenvalue weighted by Crippen LogP contribution is 2.60. The average Bonchev–Trinajstić information content (AvgIpc) is 3.13. The second-order valence-electron chi connectivity index (χ2n) is 13.2. The lowest BCUT2D eigenvalue weighted by Gasteiger charge is -2.60. The summed E-state index contributed by atoms with van der Waals surface area (Å²) in [5.41, 5.74) is -0.652. The van der Waals surface area contributed by atoms with Crippen molar-refractivity contribution in [3.8, 4) is 0 Å². The standard InChI is InChI=1S/C31H50O9/c1-7-8-9-10-11-19(3)34-28-24(32)16-26(21(5)35-28)36-27(33)17-25-20(4)23-13-12-18(2)22-14-15-30(6)38-29(37-25)31(22,23)40-39-30/h7,18-26,28-29,32H,1,8-17H2,2-6H3/t18-,19+,20-,21+,22+,23+,24-,25-,26-,28-,29?,30+,31-/m1/s1. The van der Waals surface area contributed by atoms with Crippen LogP contribution in [-0.4, -0.2) is 65.6 Å². The Balaban J connectivity index is 1.17. The summed E-state index contributed by atoms with van der Waals surface area (Å²) in [6.45, 7) is 13.9. The molecule has 9 heteroatoms. The number of carbonyl (C=O) groups excluding carboxylic acids is 1. The molecule has 6 fully saturated rings. The van der Waals surface area contributed by atoms with E-state index in [-0.39, 0.29) is 48.8 Å². The summed E-state index contributed by atoms with van der Waals surface area (Å²) in [5.74, 6) is -0.235. The molecule has 9 nitrogen and oxygen atoms in total. The van der Waals surface area contributed by atoms with E-state index in [4.69, 9.17) is 33.5 Å². The lowest BCUT2D eigenvalue weighted by molar-refractivity contribution is -0.571. The molecule has 228 valence electrons. The predicted octanol–water partition coefficient (Wildman–Crippen LogP) is 5.19. The lowest BCUT2D eigenvalue weighted by atomic mass is 9.57. The highest BCUT2D eigenvalue weighted by atomic mass is 17.3. The molecule has 1 aliphatic carbocycles. The van der Waals surface area contributed by atoms with Gasteiger partial charge in [-0.15, -0.1) is 6.58 Å². The van der Waals surface area contributed by atoms with E-state index >= 15 is 0 Å². The largest absolute Gasteiger partial charge is 0.459 e. The third kappa shape index (κ3) is 5.90. The Morgan fingerprint density at radius 2 is 1.93 bits per heavy atom. The molecule has 40 heavy (non-hydrogen) atoms. The molecule has 1 N–H and O–H groups in total. The molecular weight excluding hydrogens is 516 g/mol. The molecular formula is C31H50O9. The average molecular weight is 567 g/mol. The Labute approximate surface area is 239 Å². The summed E-state index contributed by atoms with van der Waals surface area (Å²) in [6, 6.07) is 0. The minimum Gasteiger partial charge on any atom is -0.459 e. The first-order valence-electron chi connectivity index (χ1n) is 15.6. The molecule has 0 aromatic rings. The van der Waals surface area contributed by atoms with E-state index in [9.17, 15) is 9.90 Å². The van der Waals surface area contributed by atoms with E-state index in [1.165, 1.54) is 0 Å². The van der Waals surface area contributed by atoms with Gasteiger partial charge in [0.15, 0.2) is 18.2 Å².